The molecule has 0 aliphatic carbocycles. The van der Waals surface area contributed by atoms with E-state index in [0.717, 1.165) is 38.9 Å². The van der Waals surface area contributed by atoms with Gasteiger partial charge in [0.15, 0.2) is 0 Å². The quantitative estimate of drug-likeness (QED) is 0.381. The van der Waals surface area contributed by atoms with Crippen molar-refractivity contribution in [2.45, 2.75) is 0 Å². The first kappa shape index (κ1) is 15.2. The van der Waals surface area contributed by atoms with Crippen LogP contribution in [0.1, 0.15) is 0 Å². The van der Waals surface area contributed by atoms with Crippen LogP contribution in [0.25, 0.3) is 49.7 Å². The van der Waals surface area contributed by atoms with Crippen molar-refractivity contribution in [3.8, 4) is 16.9 Å². The zero-order valence-corrected chi connectivity index (χ0v) is 14.9. The average molecular weight is 361 g/mol. The Labute approximate surface area is 160 Å². The second-order valence-electron chi connectivity index (χ2n) is 6.82. The van der Waals surface area contributed by atoms with Crippen LogP contribution in [0.15, 0.2) is 96.0 Å². The molecule has 28 heavy (non-hydrogen) atoms. The van der Waals surface area contributed by atoms with E-state index in [-0.39, 0.29) is 0 Å². The van der Waals surface area contributed by atoms with Gasteiger partial charge >= 0.3 is 0 Å². The topological polar surface area (TPSA) is 43.9 Å². The molecule has 0 saturated heterocycles. The van der Waals surface area contributed by atoms with E-state index in [1.807, 2.05) is 24.4 Å². The summed E-state index contributed by atoms with van der Waals surface area (Å²) in [5.41, 5.74) is 5.28. The molecule has 0 amide bonds. The molecule has 0 unspecified atom stereocenters. The summed E-state index contributed by atoms with van der Waals surface area (Å²) in [6.07, 6.45) is 7.24. The number of rotatable bonds is 2. The molecule has 4 heterocycles. The van der Waals surface area contributed by atoms with Crippen LogP contribution in [0.4, 0.5) is 0 Å². The third kappa shape index (κ3) is 2.18. The van der Waals surface area contributed by atoms with Crippen LogP contribution in [0.3, 0.4) is 0 Å². The van der Waals surface area contributed by atoms with E-state index >= 15 is 0 Å². The normalized spacial score (nSPS) is 11.6. The SMILES string of the molecule is c1ccc2c(c1)c1cc3ccoc3cc1n2-c1ccc(-c2ccncc2)cn1. The Kier molecular flexibility index (Phi) is 3.14. The lowest BCUT2D eigenvalue weighted by atomic mass is 10.1. The van der Waals surface area contributed by atoms with Crippen molar-refractivity contribution in [2.75, 3.05) is 0 Å². The molecule has 6 rings (SSSR count). The van der Waals surface area contributed by atoms with Gasteiger partial charge < -0.3 is 4.42 Å². The summed E-state index contributed by atoms with van der Waals surface area (Å²) in [5, 5.41) is 3.52. The van der Waals surface area contributed by atoms with E-state index in [1.165, 1.54) is 10.8 Å². The molecule has 2 aromatic carbocycles. The minimum atomic E-state index is 0.880. The maximum Gasteiger partial charge on any atom is 0.137 e. The van der Waals surface area contributed by atoms with Crippen molar-refractivity contribution in [3.05, 3.63) is 91.6 Å². The molecule has 4 nitrogen and oxygen atoms in total. The van der Waals surface area contributed by atoms with Gasteiger partial charge in [0.2, 0.25) is 0 Å². The smallest absolute Gasteiger partial charge is 0.137 e. The van der Waals surface area contributed by atoms with Crippen molar-refractivity contribution < 1.29 is 4.42 Å². The number of pyridine rings is 2. The molecule has 6 aromatic rings. The lowest BCUT2D eigenvalue weighted by Crippen LogP contribution is -1.97. The van der Waals surface area contributed by atoms with Crippen LogP contribution < -0.4 is 0 Å². The largest absolute Gasteiger partial charge is 0.464 e. The third-order valence-electron chi connectivity index (χ3n) is 5.24. The fourth-order valence-electron chi connectivity index (χ4n) is 3.91. The zero-order chi connectivity index (χ0) is 18.5. The highest BCUT2D eigenvalue weighted by Crippen LogP contribution is 2.34. The minimum Gasteiger partial charge on any atom is -0.464 e. The second kappa shape index (κ2) is 5.79. The molecule has 0 fully saturated rings. The highest BCUT2D eigenvalue weighted by atomic mass is 16.3. The Morgan fingerprint density at radius 3 is 2.50 bits per heavy atom. The number of nitrogens with zero attached hydrogens (tertiary/aromatic N) is 3. The number of para-hydroxylation sites is 1. The van der Waals surface area contributed by atoms with Crippen LogP contribution in [-0.2, 0) is 0 Å². The minimum absolute atomic E-state index is 0.880. The average Bonchev–Trinajstić information content (AvgIpc) is 3.35. The first-order valence-corrected chi connectivity index (χ1v) is 9.16. The lowest BCUT2D eigenvalue weighted by molar-refractivity contribution is 0.616. The second-order valence-corrected chi connectivity index (χ2v) is 6.82. The number of aromatic nitrogens is 3. The molecular weight excluding hydrogens is 346 g/mol. The van der Waals surface area contributed by atoms with Gasteiger partial charge in [-0.25, -0.2) is 4.98 Å². The molecular formula is C24H15N3O. The fourth-order valence-corrected chi connectivity index (χ4v) is 3.91. The summed E-state index contributed by atoms with van der Waals surface area (Å²) in [6.45, 7) is 0. The summed E-state index contributed by atoms with van der Waals surface area (Å²) in [6, 6.07) is 22.9. The number of hydrogen-bond donors (Lipinski definition) is 0. The number of hydrogen-bond acceptors (Lipinski definition) is 3. The molecule has 0 radical (unpaired) electrons. The molecule has 0 bridgehead atoms. The van der Waals surface area contributed by atoms with E-state index in [0.29, 0.717) is 0 Å². The Bertz CT molecular complexity index is 1440. The Morgan fingerprint density at radius 2 is 1.64 bits per heavy atom. The number of fused-ring (bicyclic) bond motifs is 4. The van der Waals surface area contributed by atoms with Gasteiger partial charge in [-0.05, 0) is 48.0 Å². The highest BCUT2D eigenvalue weighted by Gasteiger charge is 2.14. The van der Waals surface area contributed by atoms with Gasteiger partial charge in [0, 0.05) is 46.4 Å². The predicted octanol–water partition coefficient (Wildman–Crippen LogP) is 5.99. The van der Waals surface area contributed by atoms with Gasteiger partial charge in [0.1, 0.15) is 11.4 Å². The highest BCUT2D eigenvalue weighted by molar-refractivity contribution is 6.12. The Balaban J connectivity index is 1.62. The van der Waals surface area contributed by atoms with Crippen molar-refractivity contribution in [2.24, 2.45) is 0 Å². The molecule has 4 aromatic heterocycles. The Hall–Kier alpha value is -3.92. The molecule has 0 aliphatic rings. The third-order valence-corrected chi connectivity index (χ3v) is 5.24. The first-order valence-electron chi connectivity index (χ1n) is 9.16. The first-order chi connectivity index (χ1) is 13.9. The van der Waals surface area contributed by atoms with Gasteiger partial charge in [0.05, 0.1) is 17.3 Å². The molecule has 132 valence electrons. The van der Waals surface area contributed by atoms with E-state index < -0.39 is 0 Å². The predicted molar refractivity (Wildman–Crippen MR) is 112 cm³/mol. The van der Waals surface area contributed by atoms with Crippen LogP contribution >= 0.6 is 0 Å². The molecule has 0 saturated carbocycles. The summed E-state index contributed by atoms with van der Waals surface area (Å²) in [5.74, 6) is 0.884. The van der Waals surface area contributed by atoms with Gasteiger partial charge in [0.25, 0.3) is 0 Å². The summed E-state index contributed by atoms with van der Waals surface area (Å²) < 4.78 is 7.85. The van der Waals surface area contributed by atoms with Crippen LogP contribution in [0.2, 0.25) is 0 Å². The van der Waals surface area contributed by atoms with E-state index in [2.05, 4.69) is 58.1 Å². The van der Waals surface area contributed by atoms with Crippen molar-refractivity contribution >= 4 is 32.8 Å². The maximum atomic E-state index is 5.65. The summed E-state index contributed by atoms with van der Waals surface area (Å²) in [7, 11) is 0. The molecule has 0 spiro atoms. The molecule has 0 aliphatic heterocycles. The van der Waals surface area contributed by atoms with E-state index in [4.69, 9.17) is 9.40 Å². The fraction of sp³-hybridized carbons (Fsp3) is 0. The lowest BCUT2D eigenvalue weighted by Gasteiger charge is -2.08. The standard InChI is InChI=1S/C24H15N3O/c1-2-4-21-19(3-1)20-13-17-9-12-28-23(17)14-22(20)27(21)24-6-5-18(15-26-24)16-7-10-25-11-8-16/h1-15H. The van der Waals surface area contributed by atoms with Gasteiger partial charge in [-0.3, -0.25) is 9.55 Å². The van der Waals surface area contributed by atoms with Crippen LogP contribution in [0, 0.1) is 0 Å². The monoisotopic (exact) mass is 361 g/mol. The van der Waals surface area contributed by atoms with Crippen molar-refractivity contribution in [1.29, 1.82) is 0 Å². The zero-order valence-electron chi connectivity index (χ0n) is 14.9. The molecule has 0 N–H and O–H groups in total. The molecule has 4 heteroatoms. The maximum absolute atomic E-state index is 5.65. The van der Waals surface area contributed by atoms with Gasteiger partial charge in [-0.1, -0.05) is 18.2 Å². The van der Waals surface area contributed by atoms with Crippen molar-refractivity contribution in [1.82, 2.24) is 14.5 Å². The number of furan rings is 1. The van der Waals surface area contributed by atoms with Crippen molar-refractivity contribution in [3.63, 3.8) is 0 Å². The van der Waals surface area contributed by atoms with E-state index in [9.17, 15) is 0 Å². The summed E-state index contributed by atoms with van der Waals surface area (Å²) >= 11 is 0. The van der Waals surface area contributed by atoms with E-state index in [1.54, 1.807) is 18.7 Å². The van der Waals surface area contributed by atoms with Gasteiger partial charge in [-0.15, -0.1) is 0 Å². The number of benzene rings is 2. The van der Waals surface area contributed by atoms with Gasteiger partial charge in [-0.2, -0.15) is 0 Å². The molecule has 0 atom stereocenters. The summed E-state index contributed by atoms with van der Waals surface area (Å²) in [4.78, 5) is 8.86. The van der Waals surface area contributed by atoms with Crippen LogP contribution in [0.5, 0.6) is 0 Å². The Morgan fingerprint density at radius 1 is 0.750 bits per heavy atom. The van der Waals surface area contributed by atoms with Crippen LogP contribution in [-0.4, -0.2) is 14.5 Å².